The monoisotopic (exact) mass is 330 g/mol. The number of amides is 1. The van der Waals surface area contributed by atoms with Gasteiger partial charge in [-0.3, -0.25) is 9.69 Å². The highest BCUT2D eigenvalue weighted by atomic mass is 16.2. The summed E-state index contributed by atoms with van der Waals surface area (Å²) in [4.78, 5) is 20.2. The van der Waals surface area contributed by atoms with E-state index in [-0.39, 0.29) is 11.9 Å². The molecule has 0 saturated heterocycles. The zero-order chi connectivity index (χ0) is 16.5. The summed E-state index contributed by atoms with van der Waals surface area (Å²) in [5.74, 6) is 1.00. The van der Waals surface area contributed by atoms with Crippen molar-refractivity contribution in [1.29, 1.82) is 0 Å². The van der Waals surface area contributed by atoms with E-state index < -0.39 is 0 Å². The van der Waals surface area contributed by atoms with Crippen molar-refractivity contribution in [1.82, 2.24) is 19.8 Å². The van der Waals surface area contributed by atoms with Crippen LogP contribution in [0.25, 0.3) is 0 Å². The number of carbonyl (C=O) groups is 1. The Morgan fingerprint density at radius 2 is 1.96 bits per heavy atom. The second-order valence-electron chi connectivity index (χ2n) is 7.98. The number of rotatable bonds is 4. The summed E-state index contributed by atoms with van der Waals surface area (Å²) in [6.07, 6.45) is 12.9. The zero-order valence-electron chi connectivity index (χ0n) is 14.8. The van der Waals surface area contributed by atoms with Gasteiger partial charge in [0, 0.05) is 32.6 Å². The van der Waals surface area contributed by atoms with Gasteiger partial charge in [0.25, 0.3) is 0 Å². The molecular formula is C19H30N4O. The van der Waals surface area contributed by atoms with Crippen LogP contribution in [0, 0.1) is 5.92 Å². The van der Waals surface area contributed by atoms with Crippen molar-refractivity contribution in [2.24, 2.45) is 13.0 Å². The van der Waals surface area contributed by atoms with E-state index in [0.29, 0.717) is 6.04 Å². The van der Waals surface area contributed by atoms with Gasteiger partial charge in [0.2, 0.25) is 5.91 Å². The SMILES string of the molecule is Cn1cnc2c1[C@@H](C(=O)NC1CCCCCC1)N(CC1CC1)CC2. The number of aryl methyl sites for hydroxylation is 1. The van der Waals surface area contributed by atoms with Crippen LogP contribution in [0.4, 0.5) is 0 Å². The highest BCUT2D eigenvalue weighted by Crippen LogP contribution is 2.36. The lowest BCUT2D eigenvalue weighted by molar-refractivity contribution is -0.128. The van der Waals surface area contributed by atoms with Gasteiger partial charge in [-0.25, -0.2) is 4.98 Å². The van der Waals surface area contributed by atoms with Crippen LogP contribution < -0.4 is 5.32 Å². The van der Waals surface area contributed by atoms with E-state index in [4.69, 9.17) is 0 Å². The molecule has 1 aromatic rings. The number of nitrogens with one attached hydrogen (secondary N) is 1. The predicted molar refractivity (Wildman–Crippen MR) is 93.6 cm³/mol. The molecule has 0 bridgehead atoms. The van der Waals surface area contributed by atoms with Gasteiger partial charge in [0.05, 0.1) is 17.7 Å². The third-order valence-corrected chi connectivity index (χ3v) is 5.96. The fourth-order valence-corrected chi connectivity index (χ4v) is 4.41. The minimum atomic E-state index is -0.148. The summed E-state index contributed by atoms with van der Waals surface area (Å²) in [5.41, 5.74) is 2.23. The van der Waals surface area contributed by atoms with E-state index in [1.807, 2.05) is 13.4 Å². The lowest BCUT2D eigenvalue weighted by Crippen LogP contribution is -2.48. The van der Waals surface area contributed by atoms with Crippen LogP contribution in [0.5, 0.6) is 0 Å². The van der Waals surface area contributed by atoms with Crippen LogP contribution in [-0.4, -0.2) is 39.5 Å². The Balaban J connectivity index is 1.53. The predicted octanol–water partition coefficient (Wildman–Crippen LogP) is 2.57. The van der Waals surface area contributed by atoms with Gasteiger partial charge in [-0.05, 0) is 31.6 Å². The number of hydrogen-bond acceptors (Lipinski definition) is 3. The molecule has 0 spiro atoms. The molecule has 2 heterocycles. The lowest BCUT2D eigenvalue weighted by atomic mass is 10.00. The molecule has 1 atom stereocenters. The van der Waals surface area contributed by atoms with E-state index in [1.165, 1.54) is 38.5 Å². The standard InChI is InChI=1S/C19H30N4O/c1-22-13-20-16-10-11-23(12-14-8-9-14)18(17(16)22)19(24)21-15-6-4-2-3-5-7-15/h13-15,18H,2-12H2,1H3,(H,21,24)/t18-/m0/s1. The maximum absolute atomic E-state index is 13.2. The molecule has 1 amide bonds. The first-order chi connectivity index (χ1) is 11.7. The van der Waals surface area contributed by atoms with Gasteiger partial charge in [-0.15, -0.1) is 0 Å². The molecular weight excluding hydrogens is 300 g/mol. The maximum atomic E-state index is 13.2. The highest BCUT2D eigenvalue weighted by Gasteiger charge is 2.39. The van der Waals surface area contributed by atoms with Gasteiger partial charge in [0.1, 0.15) is 6.04 Å². The summed E-state index contributed by atoms with van der Waals surface area (Å²) in [6, 6.07) is 0.214. The van der Waals surface area contributed by atoms with Crippen molar-refractivity contribution in [3.05, 3.63) is 17.7 Å². The normalized spacial score (nSPS) is 26.0. The van der Waals surface area contributed by atoms with Crippen LogP contribution in [-0.2, 0) is 18.3 Å². The minimum absolute atomic E-state index is 0.148. The third-order valence-electron chi connectivity index (χ3n) is 5.96. The second-order valence-corrected chi connectivity index (χ2v) is 7.98. The highest BCUT2D eigenvalue weighted by molar-refractivity contribution is 5.83. The van der Waals surface area contributed by atoms with Crippen molar-refractivity contribution in [2.45, 2.75) is 69.9 Å². The van der Waals surface area contributed by atoms with E-state index in [2.05, 4.69) is 19.8 Å². The molecule has 1 aromatic heterocycles. The lowest BCUT2D eigenvalue weighted by Gasteiger charge is -2.36. The zero-order valence-corrected chi connectivity index (χ0v) is 14.8. The van der Waals surface area contributed by atoms with Gasteiger partial charge in [-0.1, -0.05) is 25.7 Å². The van der Waals surface area contributed by atoms with E-state index in [0.717, 1.165) is 49.7 Å². The van der Waals surface area contributed by atoms with Crippen LogP contribution in [0.2, 0.25) is 0 Å². The molecule has 4 rings (SSSR count). The van der Waals surface area contributed by atoms with Crippen molar-refractivity contribution in [3.8, 4) is 0 Å². The molecule has 24 heavy (non-hydrogen) atoms. The van der Waals surface area contributed by atoms with Gasteiger partial charge >= 0.3 is 0 Å². The Hall–Kier alpha value is -1.36. The van der Waals surface area contributed by atoms with Gasteiger partial charge in [-0.2, -0.15) is 0 Å². The molecule has 132 valence electrons. The van der Waals surface area contributed by atoms with Crippen molar-refractivity contribution >= 4 is 5.91 Å². The summed E-state index contributed by atoms with van der Waals surface area (Å²) in [6.45, 7) is 2.02. The van der Waals surface area contributed by atoms with Crippen LogP contribution in [0.15, 0.2) is 6.33 Å². The smallest absolute Gasteiger partial charge is 0.243 e. The van der Waals surface area contributed by atoms with Gasteiger partial charge in [0.15, 0.2) is 0 Å². The summed E-state index contributed by atoms with van der Waals surface area (Å²) < 4.78 is 2.06. The van der Waals surface area contributed by atoms with E-state index in [9.17, 15) is 4.79 Å². The molecule has 0 unspecified atom stereocenters. The van der Waals surface area contributed by atoms with Crippen LogP contribution in [0.1, 0.15) is 68.8 Å². The average Bonchev–Trinajstić information content (AvgIpc) is 3.35. The minimum Gasteiger partial charge on any atom is -0.352 e. The topological polar surface area (TPSA) is 50.2 Å². The molecule has 2 saturated carbocycles. The fourth-order valence-electron chi connectivity index (χ4n) is 4.41. The molecule has 0 aromatic carbocycles. The van der Waals surface area contributed by atoms with E-state index >= 15 is 0 Å². The van der Waals surface area contributed by atoms with Crippen molar-refractivity contribution < 1.29 is 4.79 Å². The Kier molecular flexibility index (Phi) is 4.61. The van der Waals surface area contributed by atoms with Crippen molar-refractivity contribution in [2.75, 3.05) is 13.1 Å². The first kappa shape index (κ1) is 16.1. The Labute approximate surface area is 144 Å². The summed E-state index contributed by atoms with van der Waals surface area (Å²) in [5, 5.41) is 3.39. The van der Waals surface area contributed by atoms with Crippen molar-refractivity contribution in [3.63, 3.8) is 0 Å². The average molecular weight is 330 g/mol. The molecule has 5 heteroatoms. The first-order valence-corrected chi connectivity index (χ1v) is 9.77. The largest absolute Gasteiger partial charge is 0.352 e. The Bertz CT molecular complexity index is 584. The molecule has 5 nitrogen and oxygen atoms in total. The molecule has 1 aliphatic heterocycles. The fraction of sp³-hybridized carbons (Fsp3) is 0.789. The Morgan fingerprint density at radius 1 is 1.21 bits per heavy atom. The number of imidazole rings is 1. The second kappa shape index (κ2) is 6.87. The quantitative estimate of drug-likeness (QED) is 0.863. The number of fused-ring (bicyclic) bond motifs is 1. The molecule has 0 radical (unpaired) electrons. The molecule has 2 fully saturated rings. The first-order valence-electron chi connectivity index (χ1n) is 9.77. The number of nitrogens with zero attached hydrogens (tertiary/aromatic N) is 3. The number of carbonyl (C=O) groups excluding carboxylic acids is 1. The Morgan fingerprint density at radius 3 is 2.67 bits per heavy atom. The summed E-state index contributed by atoms with van der Waals surface area (Å²) >= 11 is 0. The number of hydrogen-bond donors (Lipinski definition) is 1. The molecule has 2 aliphatic carbocycles. The third kappa shape index (κ3) is 3.37. The van der Waals surface area contributed by atoms with Gasteiger partial charge < -0.3 is 9.88 Å². The maximum Gasteiger partial charge on any atom is 0.243 e. The van der Waals surface area contributed by atoms with Crippen LogP contribution in [0.3, 0.4) is 0 Å². The van der Waals surface area contributed by atoms with Crippen LogP contribution >= 0.6 is 0 Å². The summed E-state index contributed by atoms with van der Waals surface area (Å²) in [7, 11) is 2.03. The number of aromatic nitrogens is 2. The molecule has 3 aliphatic rings. The molecule has 1 N–H and O–H groups in total. The van der Waals surface area contributed by atoms with E-state index in [1.54, 1.807) is 0 Å².